The number of benzene rings is 1. The molecule has 0 saturated carbocycles. The molecule has 0 saturated heterocycles. The van der Waals surface area contributed by atoms with Crippen molar-refractivity contribution in [2.24, 2.45) is 5.73 Å². The molecular formula is C14H21N3O3. The van der Waals surface area contributed by atoms with Gasteiger partial charge in [0.2, 0.25) is 11.8 Å². The average Bonchev–Trinajstić information content (AvgIpc) is 2.40. The number of carbonyl (C=O) groups excluding carboxylic acids is 2. The summed E-state index contributed by atoms with van der Waals surface area (Å²) in [4.78, 5) is 24.9. The van der Waals surface area contributed by atoms with Crippen molar-refractivity contribution < 1.29 is 14.7 Å². The number of hydrogen-bond acceptors (Lipinski definition) is 4. The highest BCUT2D eigenvalue weighted by Crippen LogP contribution is 2.10. The van der Waals surface area contributed by atoms with Crippen molar-refractivity contribution in [2.75, 3.05) is 14.1 Å². The minimum absolute atomic E-state index is 0.164. The van der Waals surface area contributed by atoms with E-state index in [2.05, 4.69) is 5.32 Å². The normalized spacial score (nSPS) is 13.4. The van der Waals surface area contributed by atoms with Crippen molar-refractivity contribution in [1.29, 1.82) is 0 Å². The Kier molecular flexibility index (Phi) is 5.52. The number of amides is 2. The number of hydrogen-bond donors (Lipinski definition) is 3. The van der Waals surface area contributed by atoms with E-state index in [4.69, 9.17) is 5.73 Å². The lowest BCUT2D eigenvalue weighted by Gasteiger charge is -2.20. The first-order chi connectivity index (χ1) is 9.31. The van der Waals surface area contributed by atoms with Gasteiger partial charge in [-0.1, -0.05) is 12.1 Å². The van der Waals surface area contributed by atoms with Gasteiger partial charge in [0, 0.05) is 14.1 Å². The van der Waals surface area contributed by atoms with Crippen molar-refractivity contribution in [3.8, 4) is 5.75 Å². The molecule has 2 unspecified atom stereocenters. The molecule has 0 radical (unpaired) electrons. The summed E-state index contributed by atoms with van der Waals surface area (Å²) in [6, 6.07) is 5.14. The molecule has 0 bridgehead atoms. The van der Waals surface area contributed by atoms with Gasteiger partial charge in [-0.3, -0.25) is 9.59 Å². The van der Waals surface area contributed by atoms with Gasteiger partial charge in [0.05, 0.1) is 6.04 Å². The number of nitrogens with one attached hydrogen (secondary N) is 1. The van der Waals surface area contributed by atoms with Crippen molar-refractivity contribution in [3.63, 3.8) is 0 Å². The Morgan fingerprint density at radius 1 is 1.30 bits per heavy atom. The van der Waals surface area contributed by atoms with Crippen LogP contribution in [0.4, 0.5) is 0 Å². The Labute approximate surface area is 118 Å². The maximum atomic E-state index is 11.9. The molecule has 0 spiro atoms. The molecule has 2 amide bonds. The second-order valence-electron chi connectivity index (χ2n) is 4.94. The lowest BCUT2D eigenvalue weighted by molar-refractivity contribution is -0.134. The lowest BCUT2D eigenvalue weighted by atomic mass is 10.1. The Morgan fingerprint density at radius 3 is 2.35 bits per heavy atom. The van der Waals surface area contributed by atoms with Crippen molar-refractivity contribution in [1.82, 2.24) is 10.2 Å². The number of aromatic hydroxyl groups is 1. The maximum absolute atomic E-state index is 11.9. The maximum Gasteiger partial charge on any atom is 0.244 e. The minimum atomic E-state index is -0.739. The molecule has 6 heteroatoms. The zero-order valence-corrected chi connectivity index (χ0v) is 12.0. The molecule has 0 aromatic heterocycles. The molecule has 110 valence electrons. The van der Waals surface area contributed by atoms with Gasteiger partial charge in [0.15, 0.2) is 0 Å². The molecule has 4 N–H and O–H groups in total. The summed E-state index contributed by atoms with van der Waals surface area (Å²) < 4.78 is 0. The fraction of sp³-hybridized carbons (Fsp3) is 0.429. The fourth-order valence-corrected chi connectivity index (χ4v) is 1.75. The molecule has 0 aliphatic heterocycles. The van der Waals surface area contributed by atoms with Crippen LogP contribution in [0.15, 0.2) is 24.3 Å². The molecule has 6 nitrogen and oxygen atoms in total. The van der Waals surface area contributed by atoms with Crippen LogP contribution in [0.1, 0.15) is 12.5 Å². The summed E-state index contributed by atoms with van der Waals surface area (Å²) in [7, 11) is 3.25. The standard InChI is InChI=1S/C14H21N3O3/c1-9(14(20)17(2)3)16-13(19)12(15)8-10-4-6-11(18)7-5-10/h4-7,9,12,18H,8,15H2,1-3H3,(H,16,19). The first-order valence-electron chi connectivity index (χ1n) is 6.36. The molecule has 1 aromatic rings. The lowest BCUT2D eigenvalue weighted by Crippen LogP contribution is -2.50. The summed E-state index contributed by atoms with van der Waals surface area (Å²) in [6.07, 6.45) is 0.342. The fourth-order valence-electron chi connectivity index (χ4n) is 1.75. The first-order valence-corrected chi connectivity index (χ1v) is 6.36. The predicted octanol–water partition coefficient (Wildman–Crippen LogP) is -0.145. The second kappa shape index (κ2) is 6.91. The number of nitrogens with zero attached hydrogens (tertiary/aromatic N) is 1. The Hall–Kier alpha value is -2.08. The zero-order chi connectivity index (χ0) is 15.3. The predicted molar refractivity (Wildman–Crippen MR) is 76.1 cm³/mol. The van der Waals surface area contributed by atoms with Crippen molar-refractivity contribution in [2.45, 2.75) is 25.4 Å². The molecule has 20 heavy (non-hydrogen) atoms. The highest BCUT2D eigenvalue weighted by atomic mass is 16.3. The number of rotatable bonds is 5. The van der Waals surface area contributed by atoms with E-state index < -0.39 is 12.1 Å². The van der Waals surface area contributed by atoms with Crippen molar-refractivity contribution >= 4 is 11.8 Å². The molecule has 0 aliphatic rings. The Balaban J connectivity index is 2.55. The van der Waals surface area contributed by atoms with Crippen LogP contribution in [0.5, 0.6) is 5.75 Å². The van der Waals surface area contributed by atoms with Gasteiger partial charge in [-0.2, -0.15) is 0 Å². The average molecular weight is 279 g/mol. The highest BCUT2D eigenvalue weighted by molar-refractivity contribution is 5.89. The molecule has 0 heterocycles. The van der Waals surface area contributed by atoms with Gasteiger partial charge >= 0.3 is 0 Å². The first kappa shape index (κ1) is 16.0. The Morgan fingerprint density at radius 2 is 1.85 bits per heavy atom. The number of phenols is 1. The van der Waals surface area contributed by atoms with E-state index in [-0.39, 0.29) is 17.6 Å². The summed E-state index contributed by atoms with van der Waals surface area (Å²) in [5.41, 5.74) is 6.66. The SMILES string of the molecule is CC(NC(=O)C(N)Cc1ccc(O)cc1)C(=O)N(C)C. The van der Waals surface area contributed by atoms with Gasteiger partial charge < -0.3 is 21.1 Å². The largest absolute Gasteiger partial charge is 0.508 e. The topological polar surface area (TPSA) is 95.7 Å². The van der Waals surface area contributed by atoms with Gasteiger partial charge in [-0.15, -0.1) is 0 Å². The van der Waals surface area contributed by atoms with E-state index in [1.54, 1.807) is 33.2 Å². The van der Waals surface area contributed by atoms with Crippen LogP contribution in [-0.4, -0.2) is 48.0 Å². The van der Waals surface area contributed by atoms with Crippen LogP contribution in [0.25, 0.3) is 0 Å². The summed E-state index contributed by atoms with van der Waals surface area (Å²) in [5, 5.41) is 11.8. The smallest absolute Gasteiger partial charge is 0.244 e. The third-order valence-electron chi connectivity index (χ3n) is 2.90. The molecule has 1 aromatic carbocycles. The third-order valence-corrected chi connectivity index (χ3v) is 2.90. The minimum Gasteiger partial charge on any atom is -0.508 e. The molecule has 0 aliphatic carbocycles. The molecule has 1 rings (SSSR count). The van der Waals surface area contributed by atoms with Crippen LogP contribution in [0.3, 0.4) is 0 Å². The van der Waals surface area contributed by atoms with Crippen LogP contribution >= 0.6 is 0 Å². The summed E-state index contributed by atoms with van der Waals surface area (Å²) in [6.45, 7) is 1.62. The third kappa shape index (κ3) is 4.55. The summed E-state index contributed by atoms with van der Waals surface area (Å²) >= 11 is 0. The van der Waals surface area contributed by atoms with Gasteiger partial charge in [0.25, 0.3) is 0 Å². The van der Waals surface area contributed by atoms with E-state index >= 15 is 0 Å². The second-order valence-corrected chi connectivity index (χ2v) is 4.94. The monoisotopic (exact) mass is 279 g/mol. The van der Waals surface area contributed by atoms with E-state index in [0.717, 1.165) is 5.56 Å². The Bertz CT molecular complexity index is 471. The van der Waals surface area contributed by atoms with E-state index in [0.29, 0.717) is 6.42 Å². The van der Waals surface area contributed by atoms with E-state index in [1.165, 1.54) is 17.0 Å². The van der Waals surface area contributed by atoms with Crippen LogP contribution in [0.2, 0.25) is 0 Å². The van der Waals surface area contributed by atoms with Crippen molar-refractivity contribution in [3.05, 3.63) is 29.8 Å². The molecular weight excluding hydrogens is 258 g/mol. The number of likely N-dealkylation sites (N-methyl/N-ethyl adjacent to an activating group) is 1. The number of phenolic OH excluding ortho intramolecular Hbond substituents is 1. The van der Waals surface area contributed by atoms with Gasteiger partial charge in [-0.25, -0.2) is 0 Å². The quantitative estimate of drug-likeness (QED) is 0.698. The highest BCUT2D eigenvalue weighted by Gasteiger charge is 2.21. The van der Waals surface area contributed by atoms with E-state index in [9.17, 15) is 14.7 Å². The van der Waals surface area contributed by atoms with Crippen LogP contribution in [0, 0.1) is 0 Å². The molecule has 2 atom stereocenters. The van der Waals surface area contributed by atoms with Gasteiger partial charge in [0.1, 0.15) is 11.8 Å². The van der Waals surface area contributed by atoms with Gasteiger partial charge in [-0.05, 0) is 31.0 Å². The summed E-state index contributed by atoms with van der Waals surface area (Å²) in [5.74, 6) is -0.395. The molecule has 0 fully saturated rings. The number of nitrogens with two attached hydrogens (primary N) is 1. The van der Waals surface area contributed by atoms with E-state index in [1.807, 2.05) is 0 Å². The zero-order valence-electron chi connectivity index (χ0n) is 12.0. The number of carbonyl (C=O) groups is 2. The van der Waals surface area contributed by atoms with Crippen LogP contribution in [-0.2, 0) is 16.0 Å². The van der Waals surface area contributed by atoms with Crippen LogP contribution < -0.4 is 11.1 Å².